The molecule has 1 aliphatic heterocycles. The summed E-state index contributed by atoms with van der Waals surface area (Å²) in [7, 11) is 0. The Balaban J connectivity index is 1.84. The summed E-state index contributed by atoms with van der Waals surface area (Å²) in [4.78, 5) is 12.1. The van der Waals surface area contributed by atoms with E-state index < -0.39 is 28.9 Å². The molecule has 6 N–H and O–H groups in total. The summed E-state index contributed by atoms with van der Waals surface area (Å²) in [5.74, 6) is -3.51. The van der Waals surface area contributed by atoms with Gasteiger partial charge in [0.2, 0.25) is 17.3 Å². The van der Waals surface area contributed by atoms with Crippen molar-refractivity contribution in [3.8, 4) is 34.1 Å². The zero-order valence-electron chi connectivity index (χ0n) is 13.4. The number of primary amides is 1. The molecule has 0 unspecified atom stereocenters. The predicted octanol–water partition coefficient (Wildman–Crippen LogP) is 3.40. The highest BCUT2D eigenvalue weighted by Gasteiger charge is 2.36. The highest BCUT2D eigenvalue weighted by Crippen LogP contribution is 2.62. The van der Waals surface area contributed by atoms with Gasteiger partial charge in [-0.05, 0) is 5.56 Å². The van der Waals surface area contributed by atoms with Crippen molar-refractivity contribution < 1.29 is 29.6 Å². The minimum Gasteiger partial charge on any atom is -0.503 e. The SMILES string of the molecule is NC(=O)c1occ(N2Sc3c(O)c(O)c(O)c(O)c3S2)c1-c1ccccc1. The molecule has 8 nitrogen and oxygen atoms in total. The van der Waals surface area contributed by atoms with Crippen LogP contribution >= 0.6 is 23.9 Å². The molecule has 138 valence electrons. The minimum absolute atomic E-state index is 0.0347. The van der Waals surface area contributed by atoms with Crippen molar-refractivity contribution in [3.05, 3.63) is 42.4 Å². The number of anilines is 1. The Hall–Kier alpha value is -3.11. The third-order valence-corrected chi connectivity index (χ3v) is 6.37. The second kappa shape index (κ2) is 6.25. The van der Waals surface area contributed by atoms with Crippen molar-refractivity contribution >= 4 is 35.5 Å². The van der Waals surface area contributed by atoms with Crippen LogP contribution in [0.3, 0.4) is 0 Å². The van der Waals surface area contributed by atoms with Gasteiger partial charge in [-0.1, -0.05) is 30.3 Å². The average Bonchev–Trinajstić information content (AvgIpc) is 3.30. The van der Waals surface area contributed by atoms with Crippen molar-refractivity contribution in [2.45, 2.75) is 9.79 Å². The number of nitrogens with zero attached hydrogens (tertiary/aromatic N) is 1. The molecule has 10 heteroatoms. The van der Waals surface area contributed by atoms with Gasteiger partial charge in [-0.15, -0.1) is 0 Å². The zero-order chi connectivity index (χ0) is 19.3. The van der Waals surface area contributed by atoms with Gasteiger partial charge in [-0.3, -0.25) is 4.79 Å². The Morgan fingerprint density at radius 3 is 2.00 bits per heavy atom. The van der Waals surface area contributed by atoms with Crippen LogP contribution in [0.5, 0.6) is 23.0 Å². The van der Waals surface area contributed by atoms with Gasteiger partial charge in [0.15, 0.2) is 11.5 Å². The topological polar surface area (TPSA) is 140 Å². The number of carbonyl (C=O) groups is 1. The highest BCUT2D eigenvalue weighted by molar-refractivity contribution is 8.20. The van der Waals surface area contributed by atoms with E-state index in [1.807, 2.05) is 6.07 Å². The summed E-state index contributed by atoms with van der Waals surface area (Å²) in [5.41, 5.74) is 7.02. The normalized spacial score (nSPS) is 13.0. The van der Waals surface area contributed by atoms with Crippen molar-refractivity contribution in [2.75, 3.05) is 3.71 Å². The summed E-state index contributed by atoms with van der Waals surface area (Å²) in [6.45, 7) is 0. The molecular weight excluding hydrogens is 392 g/mol. The fraction of sp³-hybridized carbons (Fsp3) is 0. The van der Waals surface area contributed by atoms with E-state index in [1.165, 1.54) is 6.26 Å². The first-order chi connectivity index (χ1) is 12.9. The maximum absolute atomic E-state index is 11.8. The zero-order valence-corrected chi connectivity index (χ0v) is 15.0. The fourth-order valence-corrected chi connectivity index (χ4v) is 5.00. The van der Waals surface area contributed by atoms with E-state index in [4.69, 9.17) is 10.2 Å². The third kappa shape index (κ3) is 2.61. The van der Waals surface area contributed by atoms with E-state index in [2.05, 4.69) is 0 Å². The molecule has 4 rings (SSSR count). The molecule has 2 aromatic carbocycles. The molecule has 0 fully saturated rings. The number of nitrogens with two attached hydrogens (primary N) is 1. The van der Waals surface area contributed by atoms with E-state index in [9.17, 15) is 25.2 Å². The van der Waals surface area contributed by atoms with Gasteiger partial charge in [-0.25, -0.2) is 3.71 Å². The number of carbonyl (C=O) groups excluding carboxylic acids is 1. The summed E-state index contributed by atoms with van der Waals surface area (Å²) >= 11 is 1.98. The van der Waals surface area contributed by atoms with Crippen LogP contribution in [0.25, 0.3) is 11.1 Å². The van der Waals surface area contributed by atoms with Crippen molar-refractivity contribution in [1.82, 2.24) is 0 Å². The van der Waals surface area contributed by atoms with Crippen LogP contribution in [0.1, 0.15) is 10.6 Å². The predicted molar refractivity (Wildman–Crippen MR) is 100.0 cm³/mol. The lowest BCUT2D eigenvalue weighted by Crippen LogP contribution is -2.11. The van der Waals surface area contributed by atoms with Gasteiger partial charge in [0, 0.05) is 23.9 Å². The van der Waals surface area contributed by atoms with Crippen molar-refractivity contribution in [3.63, 3.8) is 0 Å². The lowest BCUT2D eigenvalue weighted by atomic mass is 10.0. The number of phenols is 4. The molecule has 2 heterocycles. The fourth-order valence-electron chi connectivity index (χ4n) is 2.65. The van der Waals surface area contributed by atoms with Crippen LogP contribution < -0.4 is 9.44 Å². The molecule has 3 aromatic rings. The van der Waals surface area contributed by atoms with Crippen molar-refractivity contribution in [1.29, 1.82) is 0 Å². The number of benzene rings is 2. The Labute approximate surface area is 161 Å². The minimum atomic E-state index is -0.811. The second-order valence-corrected chi connectivity index (χ2v) is 7.69. The number of aromatic hydroxyl groups is 4. The van der Waals surface area contributed by atoms with Crippen LogP contribution in [-0.2, 0) is 0 Å². The number of furan rings is 1. The molecule has 0 atom stereocenters. The second-order valence-electron chi connectivity index (χ2n) is 5.55. The summed E-state index contributed by atoms with van der Waals surface area (Å²) in [5, 5.41) is 39.7. The molecule has 0 radical (unpaired) electrons. The lowest BCUT2D eigenvalue weighted by molar-refractivity contribution is 0.0975. The molecule has 1 aromatic heterocycles. The van der Waals surface area contributed by atoms with Gasteiger partial charge in [0.25, 0.3) is 5.91 Å². The first-order valence-corrected chi connectivity index (χ1v) is 9.07. The highest BCUT2D eigenvalue weighted by atomic mass is 32.2. The number of hydrogen-bond acceptors (Lipinski definition) is 9. The summed E-state index contributed by atoms with van der Waals surface area (Å²) in [6.07, 6.45) is 1.34. The average molecular weight is 404 g/mol. The molecule has 0 bridgehead atoms. The van der Waals surface area contributed by atoms with Gasteiger partial charge in [0.1, 0.15) is 12.0 Å². The molecule has 1 aliphatic rings. The van der Waals surface area contributed by atoms with Crippen LogP contribution in [0.4, 0.5) is 5.69 Å². The van der Waals surface area contributed by atoms with Gasteiger partial charge in [-0.2, -0.15) is 0 Å². The lowest BCUT2D eigenvalue weighted by Gasteiger charge is -2.14. The van der Waals surface area contributed by atoms with E-state index in [0.29, 0.717) is 16.8 Å². The smallest absolute Gasteiger partial charge is 0.285 e. The molecule has 1 amide bonds. The Morgan fingerprint density at radius 2 is 1.48 bits per heavy atom. The van der Waals surface area contributed by atoms with Crippen molar-refractivity contribution in [2.24, 2.45) is 5.73 Å². The van der Waals surface area contributed by atoms with Gasteiger partial charge >= 0.3 is 0 Å². The van der Waals surface area contributed by atoms with E-state index >= 15 is 0 Å². The molecule has 0 spiro atoms. The number of hydrogen-bond donors (Lipinski definition) is 5. The standard InChI is InChI=1S/C17H12N2O6S2/c18-17(24)14-9(7-4-2-1-3-5-7)8(6-25-14)19-26-15-12(22)10(20)11(21)13(23)16(15)27-19/h1-6,20-23H,(H2,18,24). The monoisotopic (exact) mass is 404 g/mol. The largest absolute Gasteiger partial charge is 0.503 e. The van der Waals surface area contributed by atoms with Gasteiger partial charge in [0.05, 0.1) is 15.4 Å². The Kier molecular flexibility index (Phi) is 4.01. The molecule has 0 aliphatic carbocycles. The van der Waals surface area contributed by atoms with Gasteiger partial charge < -0.3 is 30.6 Å². The van der Waals surface area contributed by atoms with E-state index in [0.717, 1.165) is 23.9 Å². The maximum Gasteiger partial charge on any atom is 0.285 e. The molecule has 0 saturated carbocycles. The third-order valence-electron chi connectivity index (χ3n) is 3.91. The Morgan fingerprint density at radius 1 is 0.926 bits per heavy atom. The summed E-state index contributed by atoms with van der Waals surface area (Å²) in [6, 6.07) is 8.98. The first kappa shape index (κ1) is 17.3. The number of phenolic OH excluding ortho intramolecular Hbond substituents is 4. The number of fused-ring (bicyclic) bond motifs is 1. The molecule has 0 saturated heterocycles. The van der Waals surface area contributed by atoms with E-state index in [-0.39, 0.29) is 15.6 Å². The Bertz CT molecular complexity index is 1030. The van der Waals surface area contributed by atoms with Crippen LogP contribution in [0.2, 0.25) is 0 Å². The van der Waals surface area contributed by atoms with Crippen LogP contribution in [0.15, 0.2) is 50.8 Å². The van der Waals surface area contributed by atoms with E-state index in [1.54, 1.807) is 28.0 Å². The van der Waals surface area contributed by atoms with Crippen LogP contribution in [0, 0.1) is 0 Å². The maximum atomic E-state index is 11.8. The molecular formula is C17H12N2O6S2. The number of rotatable bonds is 3. The number of amides is 1. The first-order valence-electron chi connectivity index (χ1n) is 7.52. The molecule has 27 heavy (non-hydrogen) atoms. The quantitative estimate of drug-likeness (QED) is 0.252. The van der Waals surface area contributed by atoms with Crippen LogP contribution in [-0.4, -0.2) is 26.3 Å². The summed E-state index contributed by atoms with van der Waals surface area (Å²) < 4.78 is 6.93.